The van der Waals surface area contributed by atoms with Crippen molar-refractivity contribution in [1.82, 2.24) is 25.3 Å². The molecule has 1 aliphatic heterocycles. The van der Waals surface area contributed by atoms with E-state index in [4.69, 9.17) is 24.1 Å². The van der Waals surface area contributed by atoms with Gasteiger partial charge in [-0.3, -0.25) is 28.9 Å². The third kappa shape index (κ3) is 22.2. The summed E-state index contributed by atoms with van der Waals surface area (Å²) in [6.45, 7) is 17.8. The highest BCUT2D eigenvalue weighted by atomic mass is 16.6. The summed E-state index contributed by atoms with van der Waals surface area (Å²) in [6, 6.07) is 5.57. The number of likely N-dealkylation sites (N-methyl/N-ethyl adjacent to an activating group) is 1. The standard InChI is InChI=1S/C36H56N6O12.C3H8.C2H6/c1-24(2)29-21-31(46)42(34(29)48)14-17-52-19-20-53-35(49)39-32(25(3)4)33(47)37-22-30(45)38-28-9-7-27(8-10-28)23-54-36(50)40(6)11-12-41(26(5)44)13-16-51-18-15-43;1-3-2;1-2/h7-10,24-25,29,32,43H,11-23H2,1-6H3,(H,37,47)(H,38,45)(H,39,49);3H2,1-2H3;1-2H3. The van der Waals surface area contributed by atoms with E-state index in [1.54, 1.807) is 45.2 Å². The predicted molar refractivity (Wildman–Crippen MR) is 222 cm³/mol. The first-order valence-corrected chi connectivity index (χ1v) is 20.4. The van der Waals surface area contributed by atoms with E-state index in [1.165, 1.54) is 28.0 Å². The average molecular weight is 839 g/mol. The van der Waals surface area contributed by atoms with Gasteiger partial charge in [0.05, 0.1) is 46.1 Å². The molecule has 18 heteroatoms. The summed E-state index contributed by atoms with van der Waals surface area (Å²) in [5.41, 5.74) is 1.10. The Morgan fingerprint density at radius 3 is 2.07 bits per heavy atom. The number of aliphatic hydroxyl groups is 1. The Bertz CT molecular complexity index is 1430. The van der Waals surface area contributed by atoms with E-state index < -0.39 is 30.0 Å². The van der Waals surface area contributed by atoms with Crippen LogP contribution < -0.4 is 16.0 Å². The fraction of sp³-hybridized carbons (Fsp3) is 0.683. The van der Waals surface area contributed by atoms with Crippen molar-refractivity contribution >= 4 is 47.4 Å². The van der Waals surface area contributed by atoms with Gasteiger partial charge in [0, 0.05) is 51.6 Å². The predicted octanol–water partition coefficient (Wildman–Crippen LogP) is 3.41. The molecule has 59 heavy (non-hydrogen) atoms. The first-order valence-electron chi connectivity index (χ1n) is 20.4. The highest BCUT2D eigenvalue weighted by Gasteiger charge is 2.39. The molecule has 1 saturated heterocycles. The molecule has 0 radical (unpaired) electrons. The van der Waals surface area contributed by atoms with Gasteiger partial charge in [0.15, 0.2) is 0 Å². The van der Waals surface area contributed by atoms with Crippen molar-refractivity contribution in [2.75, 3.05) is 84.7 Å². The molecular formula is C41H70N6O12. The number of likely N-dealkylation sites (tertiary alicyclic amines) is 1. The van der Waals surface area contributed by atoms with E-state index in [0.717, 1.165) is 0 Å². The van der Waals surface area contributed by atoms with E-state index in [-0.39, 0.29) is 114 Å². The molecule has 0 spiro atoms. The molecule has 1 heterocycles. The van der Waals surface area contributed by atoms with Crippen molar-refractivity contribution in [3.63, 3.8) is 0 Å². The fourth-order valence-corrected chi connectivity index (χ4v) is 5.17. The number of alkyl carbamates (subject to hydrolysis) is 1. The van der Waals surface area contributed by atoms with Gasteiger partial charge in [-0.1, -0.05) is 73.9 Å². The third-order valence-electron chi connectivity index (χ3n) is 8.45. The number of benzene rings is 1. The number of hydrogen-bond acceptors (Lipinski definition) is 12. The molecule has 1 aromatic rings. The van der Waals surface area contributed by atoms with Crippen molar-refractivity contribution in [2.45, 2.75) is 87.8 Å². The van der Waals surface area contributed by atoms with Gasteiger partial charge in [0.2, 0.25) is 29.5 Å². The number of anilines is 1. The van der Waals surface area contributed by atoms with Crippen molar-refractivity contribution in [3.8, 4) is 0 Å². The SMILES string of the molecule is CC.CC(=O)N(CCOCCO)CCN(C)C(=O)OCc1ccc(NC(=O)CNC(=O)C(NC(=O)OCCOCCN2C(=O)CC(C(C)C)C2=O)C(C)C)cc1.CCC. The normalized spacial score (nSPS) is 13.7. The lowest BCUT2D eigenvalue weighted by molar-refractivity contribution is -0.140. The number of carbonyl (C=O) groups is 7. The van der Waals surface area contributed by atoms with Gasteiger partial charge in [-0.2, -0.15) is 0 Å². The number of carbonyl (C=O) groups excluding carboxylic acids is 7. The Kier molecular flexibility index (Phi) is 28.6. The lowest BCUT2D eigenvalue weighted by Gasteiger charge is -2.24. The first-order chi connectivity index (χ1) is 28.1. The van der Waals surface area contributed by atoms with Crippen LogP contribution in [0.25, 0.3) is 0 Å². The molecule has 1 aliphatic rings. The van der Waals surface area contributed by atoms with Gasteiger partial charge in [0.25, 0.3) is 0 Å². The van der Waals surface area contributed by atoms with Crippen LogP contribution in [0.4, 0.5) is 15.3 Å². The van der Waals surface area contributed by atoms with Gasteiger partial charge in [-0.15, -0.1) is 0 Å². The monoisotopic (exact) mass is 839 g/mol. The number of ether oxygens (including phenoxy) is 4. The van der Waals surface area contributed by atoms with Crippen LogP contribution >= 0.6 is 0 Å². The first kappa shape index (κ1) is 54.2. The molecule has 336 valence electrons. The molecule has 1 aromatic carbocycles. The second-order valence-electron chi connectivity index (χ2n) is 14.0. The minimum absolute atomic E-state index is 0.0204. The fourth-order valence-electron chi connectivity index (χ4n) is 5.17. The molecular weight excluding hydrogens is 768 g/mol. The summed E-state index contributed by atoms with van der Waals surface area (Å²) >= 11 is 0. The second kappa shape index (κ2) is 31.2. The Morgan fingerprint density at radius 1 is 0.881 bits per heavy atom. The minimum Gasteiger partial charge on any atom is -0.447 e. The van der Waals surface area contributed by atoms with Crippen LogP contribution in [-0.2, 0) is 49.5 Å². The van der Waals surface area contributed by atoms with Gasteiger partial charge < -0.3 is 49.8 Å². The molecule has 1 fully saturated rings. The van der Waals surface area contributed by atoms with Crippen LogP contribution in [0, 0.1) is 17.8 Å². The van der Waals surface area contributed by atoms with Crippen molar-refractivity contribution in [2.24, 2.45) is 17.8 Å². The van der Waals surface area contributed by atoms with Crippen LogP contribution in [0.5, 0.6) is 0 Å². The number of hydrogen-bond donors (Lipinski definition) is 4. The quantitative estimate of drug-likeness (QED) is 0.0920. The van der Waals surface area contributed by atoms with Gasteiger partial charge >= 0.3 is 12.2 Å². The molecule has 0 saturated carbocycles. The van der Waals surface area contributed by atoms with Crippen LogP contribution in [-0.4, -0.2) is 147 Å². The number of aliphatic hydroxyl groups excluding tert-OH is 1. The lowest BCUT2D eigenvalue weighted by atomic mass is 9.94. The van der Waals surface area contributed by atoms with Crippen LogP contribution in [0.15, 0.2) is 24.3 Å². The average Bonchev–Trinajstić information content (AvgIpc) is 3.49. The summed E-state index contributed by atoms with van der Waals surface area (Å²) < 4.78 is 21.1. The molecule has 0 aliphatic carbocycles. The lowest BCUT2D eigenvalue weighted by Crippen LogP contribution is -2.51. The van der Waals surface area contributed by atoms with Crippen molar-refractivity contribution in [3.05, 3.63) is 29.8 Å². The number of imide groups is 1. The Labute approximate surface area is 350 Å². The summed E-state index contributed by atoms with van der Waals surface area (Å²) in [5, 5.41) is 16.4. The van der Waals surface area contributed by atoms with E-state index in [2.05, 4.69) is 29.8 Å². The molecule has 7 amide bonds. The van der Waals surface area contributed by atoms with E-state index in [1.807, 2.05) is 27.7 Å². The third-order valence-corrected chi connectivity index (χ3v) is 8.45. The van der Waals surface area contributed by atoms with Gasteiger partial charge in [-0.05, 0) is 29.5 Å². The number of nitrogens with zero attached hydrogens (tertiary/aromatic N) is 3. The molecule has 2 atom stereocenters. The summed E-state index contributed by atoms with van der Waals surface area (Å²) in [4.78, 5) is 90.5. The topological polar surface area (TPSA) is 222 Å². The Morgan fingerprint density at radius 2 is 1.51 bits per heavy atom. The number of rotatable bonds is 23. The van der Waals surface area contributed by atoms with E-state index >= 15 is 0 Å². The zero-order valence-electron chi connectivity index (χ0n) is 36.8. The molecule has 4 N–H and O–H groups in total. The van der Waals surface area contributed by atoms with Gasteiger partial charge in [0.1, 0.15) is 19.3 Å². The smallest absolute Gasteiger partial charge is 0.409 e. The van der Waals surface area contributed by atoms with Gasteiger partial charge in [-0.25, -0.2) is 9.59 Å². The maximum Gasteiger partial charge on any atom is 0.409 e. The molecule has 0 aromatic heterocycles. The summed E-state index contributed by atoms with van der Waals surface area (Å²) in [7, 11) is 1.55. The largest absolute Gasteiger partial charge is 0.447 e. The molecule has 0 bridgehead atoms. The molecule has 18 nitrogen and oxygen atoms in total. The summed E-state index contributed by atoms with van der Waals surface area (Å²) in [6.07, 6.45) is 0.0142. The zero-order valence-corrected chi connectivity index (χ0v) is 36.8. The number of nitrogens with one attached hydrogen (secondary N) is 3. The Hall–Kier alpha value is -4.81. The second-order valence-corrected chi connectivity index (χ2v) is 14.0. The Balaban J connectivity index is 0.00000641. The minimum atomic E-state index is -0.988. The van der Waals surface area contributed by atoms with E-state index in [0.29, 0.717) is 17.8 Å². The highest BCUT2D eigenvalue weighted by molar-refractivity contribution is 6.03. The van der Waals surface area contributed by atoms with Crippen molar-refractivity contribution in [1.29, 1.82) is 0 Å². The van der Waals surface area contributed by atoms with Crippen LogP contribution in [0.3, 0.4) is 0 Å². The molecule has 2 rings (SSSR count). The summed E-state index contributed by atoms with van der Waals surface area (Å²) in [5.74, 6) is -2.27. The maximum atomic E-state index is 12.8. The zero-order chi connectivity index (χ0) is 44.9. The van der Waals surface area contributed by atoms with E-state index in [9.17, 15) is 33.6 Å². The maximum absolute atomic E-state index is 12.8. The number of amides is 7. The van der Waals surface area contributed by atoms with Crippen molar-refractivity contribution < 1.29 is 57.6 Å². The molecule has 2 unspecified atom stereocenters. The van der Waals surface area contributed by atoms with Crippen LogP contribution in [0.2, 0.25) is 0 Å². The van der Waals surface area contributed by atoms with Crippen LogP contribution in [0.1, 0.15) is 80.7 Å². The highest BCUT2D eigenvalue weighted by Crippen LogP contribution is 2.26.